The first-order valence-electron chi connectivity index (χ1n) is 5.91. The Bertz CT molecular complexity index is 784. The quantitative estimate of drug-likeness (QED) is 0.750. The van der Waals surface area contributed by atoms with Crippen LogP contribution in [0.3, 0.4) is 0 Å². The number of nitrogens with two attached hydrogens (primary N) is 1. The van der Waals surface area contributed by atoms with Crippen molar-refractivity contribution in [1.82, 2.24) is 19.2 Å². The van der Waals surface area contributed by atoms with Gasteiger partial charge >= 0.3 is 0 Å². The maximum absolute atomic E-state index is 6.21. The fraction of sp³-hybridized carbons (Fsp3) is 0.231. The molecule has 0 aliphatic heterocycles. The Hall–Kier alpha value is -1.82. The first kappa shape index (κ1) is 12.2. The predicted molar refractivity (Wildman–Crippen MR) is 79.0 cm³/mol. The minimum absolute atomic E-state index is 0.631. The fourth-order valence-corrected chi connectivity index (χ4v) is 2.43. The number of hydrogen-bond donors (Lipinski definition) is 1. The van der Waals surface area contributed by atoms with E-state index in [4.69, 9.17) is 5.73 Å². The largest absolute Gasteiger partial charge is 0.383 e. The Morgan fingerprint density at radius 1 is 1.32 bits per heavy atom. The molecule has 0 aliphatic rings. The van der Waals surface area contributed by atoms with Gasteiger partial charge in [0.1, 0.15) is 17.2 Å². The molecular weight excluding hydrogens is 306 g/mol. The van der Waals surface area contributed by atoms with Crippen molar-refractivity contribution in [2.75, 3.05) is 5.73 Å². The van der Waals surface area contributed by atoms with E-state index < -0.39 is 0 Å². The summed E-state index contributed by atoms with van der Waals surface area (Å²) in [6.07, 6.45) is 3.75. The van der Waals surface area contributed by atoms with Crippen LogP contribution < -0.4 is 5.73 Å². The molecule has 0 saturated carbocycles. The number of pyridine rings is 1. The van der Waals surface area contributed by atoms with Crippen LogP contribution in [0, 0.1) is 13.8 Å². The number of fused-ring (bicyclic) bond motifs is 1. The normalized spacial score (nSPS) is 11.4. The van der Waals surface area contributed by atoms with Gasteiger partial charge in [-0.1, -0.05) is 0 Å². The highest BCUT2D eigenvalue weighted by molar-refractivity contribution is 9.10. The van der Waals surface area contributed by atoms with Gasteiger partial charge in [-0.15, -0.1) is 0 Å². The lowest BCUT2D eigenvalue weighted by molar-refractivity contribution is 0.740. The number of imidazole rings is 1. The summed E-state index contributed by atoms with van der Waals surface area (Å²) in [6.45, 7) is 4.04. The van der Waals surface area contributed by atoms with Crippen LogP contribution in [0.4, 0.5) is 5.82 Å². The maximum atomic E-state index is 6.21. The number of anilines is 1. The Morgan fingerprint density at radius 3 is 2.68 bits per heavy atom. The second-order valence-corrected chi connectivity index (χ2v) is 5.50. The molecule has 0 aromatic carbocycles. The number of aryl methyl sites for hydroxylation is 2. The molecule has 2 N–H and O–H groups in total. The minimum Gasteiger partial charge on any atom is -0.383 e. The minimum atomic E-state index is 0.631. The lowest BCUT2D eigenvalue weighted by Crippen LogP contribution is -1.96. The van der Waals surface area contributed by atoms with Crippen LogP contribution in [0.5, 0.6) is 0 Å². The van der Waals surface area contributed by atoms with E-state index >= 15 is 0 Å². The standard InChI is InChI=1S/C13H14BrN5/c1-7-4-11-17-12(9-5-16-18(3)8(9)2)13(15)19(11)6-10(7)14/h4-6H,15H2,1-3H3. The van der Waals surface area contributed by atoms with Gasteiger partial charge in [0.05, 0.1) is 6.20 Å². The number of halogens is 1. The molecular formula is C13H14BrN5. The van der Waals surface area contributed by atoms with E-state index in [0.29, 0.717) is 5.82 Å². The number of hydrogen-bond acceptors (Lipinski definition) is 3. The van der Waals surface area contributed by atoms with Gasteiger partial charge < -0.3 is 5.73 Å². The highest BCUT2D eigenvalue weighted by Gasteiger charge is 2.16. The van der Waals surface area contributed by atoms with Crippen LogP contribution in [0.15, 0.2) is 22.9 Å². The van der Waals surface area contributed by atoms with Crippen molar-refractivity contribution in [1.29, 1.82) is 0 Å². The Labute approximate surface area is 119 Å². The van der Waals surface area contributed by atoms with Gasteiger partial charge in [0.25, 0.3) is 0 Å². The molecule has 0 radical (unpaired) electrons. The van der Waals surface area contributed by atoms with Crippen LogP contribution in [0.25, 0.3) is 16.9 Å². The molecule has 0 unspecified atom stereocenters. The van der Waals surface area contributed by atoms with Gasteiger partial charge in [0.15, 0.2) is 0 Å². The molecule has 3 heterocycles. The van der Waals surface area contributed by atoms with E-state index in [1.807, 2.05) is 42.2 Å². The van der Waals surface area contributed by atoms with Crippen LogP contribution in [-0.2, 0) is 7.05 Å². The SMILES string of the molecule is Cc1cc2nc(-c3cnn(C)c3C)c(N)n2cc1Br. The average Bonchev–Trinajstić information content (AvgIpc) is 2.84. The fourth-order valence-electron chi connectivity index (χ4n) is 2.11. The highest BCUT2D eigenvalue weighted by atomic mass is 79.9. The molecule has 98 valence electrons. The number of nitrogen functional groups attached to an aromatic ring is 1. The molecule has 5 nitrogen and oxygen atoms in total. The van der Waals surface area contributed by atoms with Crippen molar-refractivity contribution in [2.24, 2.45) is 7.05 Å². The van der Waals surface area contributed by atoms with Crippen LogP contribution in [0.2, 0.25) is 0 Å². The second-order valence-electron chi connectivity index (χ2n) is 4.65. The lowest BCUT2D eigenvalue weighted by atomic mass is 10.2. The van der Waals surface area contributed by atoms with Crippen molar-refractivity contribution >= 4 is 27.4 Å². The molecule has 0 bridgehead atoms. The maximum Gasteiger partial charge on any atom is 0.139 e. The monoisotopic (exact) mass is 319 g/mol. The van der Waals surface area contributed by atoms with Crippen LogP contribution in [-0.4, -0.2) is 19.2 Å². The third-order valence-electron chi connectivity index (χ3n) is 3.43. The molecule has 0 aliphatic carbocycles. The van der Waals surface area contributed by atoms with Gasteiger partial charge in [0, 0.05) is 29.0 Å². The summed E-state index contributed by atoms with van der Waals surface area (Å²) < 4.78 is 4.72. The molecule has 0 spiro atoms. The number of aromatic nitrogens is 4. The smallest absolute Gasteiger partial charge is 0.139 e. The zero-order chi connectivity index (χ0) is 13.7. The Kier molecular flexibility index (Phi) is 2.63. The summed E-state index contributed by atoms with van der Waals surface area (Å²) in [7, 11) is 1.91. The summed E-state index contributed by atoms with van der Waals surface area (Å²) in [5, 5.41) is 4.24. The van der Waals surface area contributed by atoms with Crippen molar-refractivity contribution in [2.45, 2.75) is 13.8 Å². The first-order valence-corrected chi connectivity index (χ1v) is 6.71. The Morgan fingerprint density at radius 2 is 2.05 bits per heavy atom. The third-order valence-corrected chi connectivity index (χ3v) is 4.26. The summed E-state index contributed by atoms with van der Waals surface area (Å²) in [4.78, 5) is 4.62. The molecule has 0 atom stereocenters. The topological polar surface area (TPSA) is 61.1 Å². The number of rotatable bonds is 1. The van der Waals surface area contributed by atoms with E-state index in [0.717, 1.165) is 32.6 Å². The zero-order valence-electron chi connectivity index (χ0n) is 11.0. The van der Waals surface area contributed by atoms with Crippen molar-refractivity contribution in [3.05, 3.63) is 34.2 Å². The van der Waals surface area contributed by atoms with Gasteiger partial charge in [-0.2, -0.15) is 5.10 Å². The third kappa shape index (κ3) is 1.74. The number of nitrogens with zero attached hydrogens (tertiary/aromatic N) is 4. The molecule has 3 aromatic heterocycles. The zero-order valence-corrected chi connectivity index (χ0v) is 12.6. The molecule has 3 aromatic rings. The summed E-state index contributed by atoms with van der Waals surface area (Å²) >= 11 is 3.51. The molecule has 19 heavy (non-hydrogen) atoms. The highest BCUT2D eigenvalue weighted by Crippen LogP contribution is 2.30. The van der Waals surface area contributed by atoms with Gasteiger partial charge in [-0.05, 0) is 41.4 Å². The van der Waals surface area contributed by atoms with Crippen molar-refractivity contribution in [3.8, 4) is 11.3 Å². The average molecular weight is 320 g/mol. The first-order chi connectivity index (χ1) is 8.99. The molecule has 0 saturated heterocycles. The van der Waals surface area contributed by atoms with Gasteiger partial charge in [0.2, 0.25) is 0 Å². The Balaban J connectivity index is 2.31. The molecule has 3 rings (SSSR count). The van der Waals surface area contributed by atoms with Crippen LogP contribution >= 0.6 is 15.9 Å². The van der Waals surface area contributed by atoms with E-state index in [2.05, 4.69) is 26.0 Å². The van der Waals surface area contributed by atoms with Crippen LogP contribution in [0.1, 0.15) is 11.3 Å². The van der Waals surface area contributed by atoms with E-state index in [9.17, 15) is 0 Å². The van der Waals surface area contributed by atoms with Crippen molar-refractivity contribution in [3.63, 3.8) is 0 Å². The lowest BCUT2D eigenvalue weighted by Gasteiger charge is -2.01. The second kappa shape index (κ2) is 4.09. The summed E-state index contributed by atoms with van der Waals surface area (Å²) in [5.74, 6) is 0.631. The van der Waals surface area contributed by atoms with E-state index in [1.54, 1.807) is 6.20 Å². The van der Waals surface area contributed by atoms with Gasteiger partial charge in [-0.25, -0.2) is 4.98 Å². The van der Waals surface area contributed by atoms with E-state index in [1.165, 1.54) is 0 Å². The summed E-state index contributed by atoms with van der Waals surface area (Å²) in [5.41, 5.74) is 11.0. The molecule has 0 amide bonds. The van der Waals surface area contributed by atoms with E-state index in [-0.39, 0.29) is 0 Å². The van der Waals surface area contributed by atoms with Gasteiger partial charge in [-0.3, -0.25) is 9.08 Å². The van der Waals surface area contributed by atoms with Crippen molar-refractivity contribution < 1.29 is 0 Å². The summed E-state index contributed by atoms with van der Waals surface area (Å²) in [6, 6.07) is 2.01. The molecule has 6 heteroatoms. The molecule has 0 fully saturated rings. The predicted octanol–water partition coefficient (Wildman–Crippen LogP) is 2.70.